The number of rotatable bonds is 6. The first kappa shape index (κ1) is 18.6. The Kier molecular flexibility index (Phi) is 5.36. The topological polar surface area (TPSA) is 118 Å². The fourth-order valence-corrected chi connectivity index (χ4v) is 3.53. The Morgan fingerprint density at radius 3 is 2.96 bits per heavy atom. The van der Waals surface area contributed by atoms with Crippen molar-refractivity contribution in [2.24, 2.45) is 0 Å². The van der Waals surface area contributed by atoms with Crippen LogP contribution in [0.4, 0.5) is 0 Å². The Morgan fingerprint density at radius 1 is 1.43 bits per heavy atom. The molecule has 1 atom stereocenters. The van der Waals surface area contributed by atoms with Gasteiger partial charge in [0, 0.05) is 23.8 Å². The summed E-state index contributed by atoms with van der Waals surface area (Å²) >= 11 is 0. The molecule has 1 aliphatic rings. The van der Waals surface area contributed by atoms with Gasteiger partial charge in [-0.15, -0.1) is 0 Å². The average molecular weight is 384 g/mol. The minimum atomic E-state index is -0.455. The summed E-state index contributed by atoms with van der Waals surface area (Å²) in [4.78, 5) is 21.5. The van der Waals surface area contributed by atoms with Gasteiger partial charge in [0.1, 0.15) is 12.1 Å². The SMILES string of the molecule is CC(O)COC1CCC(NC(=O)c2nc(-n3ccnc3)cc3cn[nH]c23)CC1. The molecule has 3 aromatic heterocycles. The number of carbonyl (C=O) groups excluding carboxylic acids is 1. The van der Waals surface area contributed by atoms with E-state index >= 15 is 0 Å². The quantitative estimate of drug-likeness (QED) is 0.594. The van der Waals surface area contributed by atoms with Crippen LogP contribution < -0.4 is 5.32 Å². The lowest BCUT2D eigenvalue weighted by molar-refractivity contribution is -0.0210. The molecule has 0 bridgehead atoms. The highest BCUT2D eigenvalue weighted by atomic mass is 16.5. The number of amides is 1. The van der Waals surface area contributed by atoms with Crippen molar-refractivity contribution in [1.82, 2.24) is 30.0 Å². The summed E-state index contributed by atoms with van der Waals surface area (Å²) < 4.78 is 7.45. The monoisotopic (exact) mass is 384 g/mol. The smallest absolute Gasteiger partial charge is 0.272 e. The van der Waals surface area contributed by atoms with Crippen LogP contribution in [0, 0.1) is 0 Å². The third-order valence-electron chi connectivity index (χ3n) is 4.98. The van der Waals surface area contributed by atoms with Gasteiger partial charge in [0.25, 0.3) is 5.91 Å². The first-order valence-corrected chi connectivity index (χ1v) is 9.53. The van der Waals surface area contributed by atoms with Gasteiger partial charge in [-0.05, 0) is 38.7 Å². The molecule has 148 valence electrons. The van der Waals surface area contributed by atoms with Crippen LogP contribution in [-0.4, -0.2) is 60.6 Å². The number of aromatic nitrogens is 5. The van der Waals surface area contributed by atoms with Gasteiger partial charge in [-0.1, -0.05) is 0 Å². The number of H-pyrrole nitrogens is 1. The van der Waals surface area contributed by atoms with Crippen molar-refractivity contribution in [3.8, 4) is 5.82 Å². The lowest BCUT2D eigenvalue weighted by Crippen LogP contribution is -2.39. The number of nitrogens with one attached hydrogen (secondary N) is 2. The molecule has 9 nitrogen and oxygen atoms in total. The summed E-state index contributed by atoms with van der Waals surface area (Å²) in [6.45, 7) is 2.07. The van der Waals surface area contributed by atoms with E-state index in [0.29, 0.717) is 23.6 Å². The molecule has 3 aromatic rings. The number of carbonyl (C=O) groups is 1. The zero-order chi connectivity index (χ0) is 19.5. The predicted molar refractivity (Wildman–Crippen MR) is 102 cm³/mol. The molecule has 3 heterocycles. The number of hydrogen-bond donors (Lipinski definition) is 3. The summed E-state index contributed by atoms with van der Waals surface area (Å²) in [7, 11) is 0. The molecule has 1 unspecified atom stereocenters. The summed E-state index contributed by atoms with van der Waals surface area (Å²) in [5.74, 6) is 0.399. The van der Waals surface area contributed by atoms with E-state index in [-0.39, 0.29) is 18.1 Å². The van der Waals surface area contributed by atoms with E-state index in [2.05, 4.69) is 25.5 Å². The van der Waals surface area contributed by atoms with E-state index in [4.69, 9.17) is 4.74 Å². The first-order chi connectivity index (χ1) is 13.6. The van der Waals surface area contributed by atoms with E-state index < -0.39 is 6.10 Å². The second-order valence-corrected chi connectivity index (χ2v) is 7.26. The van der Waals surface area contributed by atoms with Crippen molar-refractivity contribution >= 4 is 16.8 Å². The summed E-state index contributed by atoms with van der Waals surface area (Å²) in [6.07, 6.45) is 9.85. The van der Waals surface area contributed by atoms with Gasteiger partial charge < -0.3 is 15.2 Å². The van der Waals surface area contributed by atoms with Gasteiger partial charge in [0.05, 0.1) is 30.5 Å². The zero-order valence-corrected chi connectivity index (χ0v) is 15.7. The maximum absolute atomic E-state index is 12.9. The Morgan fingerprint density at radius 2 is 2.25 bits per heavy atom. The number of aliphatic hydroxyl groups is 1. The number of aliphatic hydroxyl groups excluding tert-OH is 1. The standard InChI is InChI=1S/C19H24N6O3/c1-12(26)10-28-15-4-2-14(3-5-15)22-19(27)18-17-13(9-21-24-17)8-16(23-18)25-7-6-20-11-25/h6-9,11-12,14-15,26H,2-5,10H2,1H3,(H,21,24)(H,22,27). The van der Waals surface area contributed by atoms with Crippen molar-refractivity contribution in [1.29, 1.82) is 0 Å². The minimum Gasteiger partial charge on any atom is -0.391 e. The second kappa shape index (κ2) is 8.07. The van der Waals surface area contributed by atoms with Gasteiger partial charge >= 0.3 is 0 Å². The molecule has 0 radical (unpaired) electrons. The van der Waals surface area contributed by atoms with Gasteiger partial charge in [-0.25, -0.2) is 9.97 Å². The molecule has 0 spiro atoms. The van der Waals surface area contributed by atoms with Gasteiger partial charge in [0.2, 0.25) is 0 Å². The lowest BCUT2D eigenvalue weighted by atomic mass is 9.93. The van der Waals surface area contributed by atoms with E-state index in [0.717, 1.165) is 31.1 Å². The van der Waals surface area contributed by atoms with Crippen LogP contribution in [0.2, 0.25) is 0 Å². The molecule has 0 aliphatic heterocycles. The van der Waals surface area contributed by atoms with Crippen LogP contribution >= 0.6 is 0 Å². The number of fused-ring (bicyclic) bond motifs is 1. The van der Waals surface area contributed by atoms with Gasteiger partial charge in [0.15, 0.2) is 5.69 Å². The van der Waals surface area contributed by atoms with Crippen LogP contribution in [0.25, 0.3) is 16.7 Å². The molecule has 0 saturated heterocycles. The molecule has 4 rings (SSSR count). The number of imidazole rings is 1. The highest BCUT2D eigenvalue weighted by molar-refractivity contribution is 6.04. The van der Waals surface area contributed by atoms with E-state index in [1.807, 2.05) is 6.07 Å². The average Bonchev–Trinajstić information content (AvgIpc) is 3.38. The number of hydrogen-bond acceptors (Lipinski definition) is 6. The summed E-state index contributed by atoms with van der Waals surface area (Å²) in [5.41, 5.74) is 0.946. The molecule has 1 saturated carbocycles. The van der Waals surface area contributed by atoms with Crippen molar-refractivity contribution in [3.05, 3.63) is 36.7 Å². The number of nitrogens with zero attached hydrogens (tertiary/aromatic N) is 4. The maximum atomic E-state index is 12.9. The van der Waals surface area contributed by atoms with E-state index in [1.165, 1.54) is 0 Å². The molecule has 28 heavy (non-hydrogen) atoms. The third kappa shape index (κ3) is 4.05. The highest BCUT2D eigenvalue weighted by Gasteiger charge is 2.25. The zero-order valence-electron chi connectivity index (χ0n) is 15.7. The van der Waals surface area contributed by atoms with Crippen LogP contribution in [0.1, 0.15) is 43.1 Å². The number of ether oxygens (including phenoxy) is 1. The molecule has 1 fully saturated rings. The van der Waals surface area contributed by atoms with E-state index in [1.54, 1.807) is 36.4 Å². The summed E-state index contributed by atoms with van der Waals surface area (Å²) in [6, 6.07) is 1.94. The summed E-state index contributed by atoms with van der Waals surface area (Å²) in [5, 5.41) is 20.2. The van der Waals surface area contributed by atoms with Gasteiger partial charge in [-0.2, -0.15) is 5.10 Å². The van der Waals surface area contributed by atoms with Crippen LogP contribution in [0.5, 0.6) is 0 Å². The van der Waals surface area contributed by atoms with Crippen LogP contribution in [0.15, 0.2) is 31.0 Å². The van der Waals surface area contributed by atoms with E-state index in [9.17, 15) is 9.90 Å². The Labute approximate surface area is 162 Å². The second-order valence-electron chi connectivity index (χ2n) is 7.26. The third-order valence-corrected chi connectivity index (χ3v) is 4.98. The van der Waals surface area contributed by atoms with Crippen LogP contribution in [-0.2, 0) is 4.74 Å². The molecule has 1 amide bonds. The lowest BCUT2D eigenvalue weighted by Gasteiger charge is -2.29. The fraction of sp³-hybridized carbons (Fsp3) is 0.474. The molecule has 3 N–H and O–H groups in total. The Balaban J connectivity index is 1.45. The Bertz CT molecular complexity index is 928. The Hall–Kier alpha value is -2.78. The number of pyridine rings is 1. The fourth-order valence-electron chi connectivity index (χ4n) is 3.53. The van der Waals surface area contributed by atoms with Crippen molar-refractivity contribution in [2.45, 2.75) is 50.9 Å². The van der Waals surface area contributed by atoms with Crippen molar-refractivity contribution < 1.29 is 14.6 Å². The normalized spacial score (nSPS) is 20.9. The molecule has 0 aromatic carbocycles. The largest absolute Gasteiger partial charge is 0.391 e. The first-order valence-electron chi connectivity index (χ1n) is 9.53. The minimum absolute atomic E-state index is 0.0792. The molecular weight excluding hydrogens is 360 g/mol. The van der Waals surface area contributed by atoms with Crippen LogP contribution in [0.3, 0.4) is 0 Å². The van der Waals surface area contributed by atoms with Crippen molar-refractivity contribution in [3.63, 3.8) is 0 Å². The number of aromatic amines is 1. The predicted octanol–water partition coefficient (Wildman–Crippen LogP) is 1.58. The van der Waals surface area contributed by atoms with Crippen molar-refractivity contribution in [2.75, 3.05) is 6.61 Å². The highest BCUT2D eigenvalue weighted by Crippen LogP contribution is 2.23. The van der Waals surface area contributed by atoms with Gasteiger partial charge in [-0.3, -0.25) is 14.5 Å². The maximum Gasteiger partial charge on any atom is 0.272 e. The molecule has 1 aliphatic carbocycles. The molecular formula is C19H24N6O3. The molecule has 9 heteroatoms.